The molecule has 2 nitrogen and oxygen atoms in total. The van der Waals surface area contributed by atoms with Gasteiger partial charge in [-0.05, 0) is 11.1 Å². The molecule has 0 amide bonds. The summed E-state index contributed by atoms with van der Waals surface area (Å²) in [6.45, 7) is 3.04. The third kappa shape index (κ3) is 1.36. The number of β-amino-alcohol motifs (C(OH)–C–C–N with tert-alkyl or cyclic N) is 1. The third-order valence-electron chi connectivity index (χ3n) is 2.32. The molecule has 1 aromatic rings. The number of hydrogen-bond acceptors (Lipinski definition) is 2. The highest BCUT2D eigenvalue weighted by Gasteiger charge is 2.16. The van der Waals surface area contributed by atoms with E-state index < -0.39 is 0 Å². The van der Waals surface area contributed by atoms with Crippen LogP contribution in [-0.2, 0) is 13.1 Å². The summed E-state index contributed by atoms with van der Waals surface area (Å²) in [5.74, 6) is 0. The number of fused-ring (bicyclic) bond motifs is 1. The quantitative estimate of drug-likeness (QED) is 0.703. The zero-order chi connectivity index (χ0) is 8.39. The summed E-state index contributed by atoms with van der Waals surface area (Å²) in [5, 5.41) is 8.76. The number of aliphatic hydroxyl groups is 1. The van der Waals surface area contributed by atoms with E-state index in [2.05, 4.69) is 29.2 Å². The summed E-state index contributed by atoms with van der Waals surface area (Å²) >= 11 is 0. The van der Waals surface area contributed by atoms with Crippen LogP contribution in [0.3, 0.4) is 0 Å². The van der Waals surface area contributed by atoms with Crippen LogP contribution in [0.25, 0.3) is 0 Å². The summed E-state index contributed by atoms with van der Waals surface area (Å²) in [6, 6.07) is 8.46. The molecule has 0 radical (unpaired) electrons. The lowest BCUT2D eigenvalue weighted by molar-refractivity contribution is 0.198. The van der Waals surface area contributed by atoms with E-state index in [1.807, 2.05) is 0 Å². The summed E-state index contributed by atoms with van der Waals surface area (Å²) in [5.41, 5.74) is 2.82. The van der Waals surface area contributed by atoms with Crippen molar-refractivity contribution in [3.8, 4) is 0 Å². The maximum Gasteiger partial charge on any atom is 0.0558 e. The molecule has 0 spiro atoms. The molecule has 2 rings (SSSR count). The molecule has 0 fully saturated rings. The summed E-state index contributed by atoms with van der Waals surface area (Å²) in [4.78, 5) is 2.25. The Hall–Kier alpha value is -0.860. The Morgan fingerprint density at radius 1 is 1.17 bits per heavy atom. The first-order valence-corrected chi connectivity index (χ1v) is 4.30. The number of benzene rings is 1. The molecule has 2 heteroatoms. The molecule has 0 saturated carbocycles. The van der Waals surface area contributed by atoms with Crippen molar-refractivity contribution in [1.29, 1.82) is 0 Å². The first kappa shape index (κ1) is 7.77. The van der Waals surface area contributed by atoms with Crippen molar-refractivity contribution >= 4 is 0 Å². The minimum Gasteiger partial charge on any atom is -0.395 e. The van der Waals surface area contributed by atoms with Crippen LogP contribution in [0, 0.1) is 0 Å². The Balaban J connectivity index is 2.11. The average Bonchev–Trinajstić information content (AvgIpc) is 2.47. The van der Waals surface area contributed by atoms with Crippen LogP contribution in [0.1, 0.15) is 11.1 Å². The van der Waals surface area contributed by atoms with Gasteiger partial charge < -0.3 is 5.11 Å². The molecule has 1 aliphatic heterocycles. The fourth-order valence-corrected chi connectivity index (χ4v) is 1.70. The lowest BCUT2D eigenvalue weighted by atomic mass is 10.1. The smallest absolute Gasteiger partial charge is 0.0558 e. The van der Waals surface area contributed by atoms with E-state index in [1.54, 1.807) is 0 Å². The normalized spacial score (nSPS) is 16.4. The van der Waals surface area contributed by atoms with Crippen LogP contribution in [0.15, 0.2) is 24.3 Å². The van der Waals surface area contributed by atoms with Gasteiger partial charge >= 0.3 is 0 Å². The van der Waals surface area contributed by atoms with E-state index in [-0.39, 0.29) is 6.61 Å². The summed E-state index contributed by atoms with van der Waals surface area (Å²) in [6.07, 6.45) is 0. The molecule has 12 heavy (non-hydrogen) atoms. The van der Waals surface area contributed by atoms with Crippen molar-refractivity contribution in [1.82, 2.24) is 4.90 Å². The molecule has 1 heterocycles. The van der Waals surface area contributed by atoms with Crippen LogP contribution < -0.4 is 0 Å². The van der Waals surface area contributed by atoms with E-state index in [4.69, 9.17) is 5.11 Å². The molecule has 0 aliphatic carbocycles. The molecular formula is C10H13NO. The van der Waals surface area contributed by atoms with Crippen LogP contribution in [-0.4, -0.2) is 23.2 Å². The molecule has 0 aromatic heterocycles. The fraction of sp³-hybridized carbons (Fsp3) is 0.400. The standard InChI is InChI=1S/C10H13NO/c12-6-5-11-7-9-3-1-2-4-10(9)8-11/h1-4,12H,5-8H2. The van der Waals surface area contributed by atoms with Crippen molar-refractivity contribution in [2.45, 2.75) is 13.1 Å². The molecule has 0 bridgehead atoms. The van der Waals surface area contributed by atoms with Gasteiger partial charge in [0.1, 0.15) is 0 Å². The highest BCUT2D eigenvalue weighted by molar-refractivity contribution is 5.30. The first-order valence-electron chi connectivity index (χ1n) is 4.30. The highest BCUT2D eigenvalue weighted by atomic mass is 16.3. The lowest BCUT2D eigenvalue weighted by Crippen LogP contribution is -2.20. The Morgan fingerprint density at radius 3 is 2.25 bits per heavy atom. The largest absolute Gasteiger partial charge is 0.395 e. The highest BCUT2D eigenvalue weighted by Crippen LogP contribution is 2.21. The maximum atomic E-state index is 8.76. The van der Waals surface area contributed by atoms with Crippen molar-refractivity contribution in [3.05, 3.63) is 35.4 Å². The van der Waals surface area contributed by atoms with Crippen LogP contribution in [0.4, 0.5) is 0 Å². The van der Waals surface area contributed by atoms with Gasteiger partial charge in [0.05, 0.1) is 6.61 Å². The van der Waals surface area contributed by atoms with Crippen LogP contribution in [0.5, 0.6) is 0 Å². The number of nitrogens with zero attached hydrogens (tertiary/aromatic N) is 1. The second kappa shape index (κ2) is 3.25. The molecular weight excluding hydrogens is 150 g/mol. The third-order valence-corrected chi connectivity index (χ3v) is 2.32. The molecule has 0 saturated heterocycles. The van der Waals surface area contributed by atoms with Crippen molar-refractivity contribution in [3.63, 3.8) is 0 Å². The average molecular weight is 163 g/mol. The van der Waals surface area contributed by atoms with E-state index in [9.17, 15) is 0 Å². The Kier molecular flexibility index (Phi) is 2.11. The van der Waals surface area contributed by atoms with Crippen LogP contribution >= 0.6 is 0 Å². The number of aliphatic hydroxyl groups excluding tert-OH is 1. The second-order valence-electron chi connectivity index (χ2n) is 3.20. The topological polar surface area (TPSA) is 23.5 Å². The van der Waals surface area contributed by atoms with E-state index in [0.717, 1.165) is 19.6 Å². The minimum absolute atomic E-state index is 0.258. The lowest BCUT2D eigenvalue weighted by Gasteiger charge is -2.11. The van der Waals surface area contributed by atoms with Gasteiger partial charge in [-0.2, -0.15) is 0 Å². The van der Waals surface area contributed by atoms with Crippen molar-refractivity contribution in [2.75, 3.05) is 13.2 Å². The SMILES string of the molecule is OCCN1Cc2ccccc2C1. The van der Waals surface area contributed by atoms with Gasteiger partial charge in [-0.1, -0.05) is 24.3 Å². The number of hydrogen-bond donors (Lipinski definition) is 1. The van der Waals surface area contributed by atoms with E-state index in [1.165, 1.54) is 11.1 Å². The van der Waals surface area contributed by atoms with Gasteiger partial charge in [0.2, 0.25) is 0 Å². The maximum absolute atomic E-state index is 8.76. The van der Waals surface area contributed by atoms with Gasteiger partial charge in [-0.15, -0.1) is 0 Å². The van der Waals surface area contributed by atoms with Crippen LogP contribution in [0.2, 0.25) is 0 Å². The molecule has 0 atom stereocenters. The Morgan fingerprint density at radius 2 is 1.75 bits per heavy atom. The Bertz CT molecular complexity index is 247. The van der Waals surface area contributed by atoms with Crippen molar-refractivity contribution in [2.24, 2.45) is 0 Å². The molecule has 1 aliphatic rings. The first-order chi connectivity index (χ1) is 5.90. The van der Waals surface area contributed by atoms with E-state index in [0.29, 0.717) is 0 Å². The van der Waals surface area contributed by atoms with Crippen molar-refractivity contribution < 1.29 is 5.11 Å². The molecule has 0 unspecified atom stereocenters. The van der Waals surface area contributed by atoms with Gasteiger partial charge in [0.25, 0.3) is 0 Å². The van der Waals surface area contributed by atoms with Gasteiger partial charge in [0.15, 0.2) is 0 Å². The predicted octanol–water partition coefficient (Wildman–Crippen LogP) is 0.994. The second-order valence-corrected chi connectivity index (χ2v) is 3.20. The molecule has 1 aromatic carbocycles. The molecule has 64 valence electrons. The fourth-order valence-electron chi connectivity index (χ4n) is 1.70. The zero-order valence-electron chi connectivity index (χ0n) is 7.03. The number of rotatable bonds is 2. The zero-order valence-corrected chi connectivity index (χ0v) is 7.03. The van der Waals surface area contributed by atoms with Gasteiger partial charge in [-0.3, -0.25) is 4.90 Å². The van der Waals surface area contributed by atoms with Gasteiger partial charge in [0, 0.05) is 19.6 Å². The molecule has 1 N–H and O–H groups in total. The van der Waals surface area contributed by atoms with Gasteiger partial charge in [-0.25, -0.2) is 0 Å². The summed E-state index contributed by atoms with van der Waals surface area (Å²) < 4.78 is 0. The minimum atomic E-state index is 0.258. The van der Waals surface area contributed by atoms with E-state index >= 15 is 0 Å². The summed E-state index contributed by atoms with van der Waals surface area (Å²) in [7, 11) is 0. The monoisotopic (exact) mass is 163 g/mol. The Labute approximate surface area is 72.4 Å². The predicted molar refractivity (Wildman–Crippen MR) is 47.6 cm³/mol.